The van der Waals surface area contributed by atoms with Gasteiger partial charge >= 0.3 is 0 Å². The van der Waals surface area contributed by atoms with Gasteiger partial charge in [0.25, 0.3) is 6.43 Å². The lowest BCUT2D eigenvalue weighted by molar-refractivity contribution is 0.150. The first-order chi connectivity index (χ1) is 5.52. The van der Waals surface area contributed by atoms with Crippen LogP contribution >= 0.6 is 11.6 Å². The summed E-state index contributed by atoms with van der Waals surface area (Å²) in [5.74, 6) is 0. The van der Waals surface area contributed by atoms with Gasteiger partial charge in [0.05, 0.1) is 0 Å². The monoisotopic (exact) mass is 190 g/mol. The molecule has 0 bridgehead atoms. The Morgan fingerprint density at radius 1 is 1.25 bits per heavy atom. The third-order valence-electron chi connectivity index (χ3n) is 1.91. The Morgan fingerprint density at radius 3 is 2.33 bits per heavy atom. The molecule has 3 heteroatoms. The lowest BCUT2D eigenvalue weighted by Gasteiger charge is -2.07. The molecule has 1 rings (SSSR count). The van der Waals surface area contributed by atoms with Gasteiger partial charge < -0.3 is 0 Å². The van der Waals surface area contributed by atoms with Gasteiger partial charge in [-0.25, -0.2) is 8.78 Å². The van der Waals surface area contributed by atoms with Gasteiger partial charge in [0.2, 0.25) is 0 Å². The first-order valence-corrected chi connectivity index (χ1v) is 3.95. The molecule has 66 valence electrons. The first kappa shape index (κ1) is 9.46. The van der Waals surface area contributed by atoms with Crippen LogP contribution in [-0.4, -0.2) is 0 Å². The molecule has 0 saturated heterocycles. The second-order valence-electron chi connectivity index (χ2n) is 2.74. The van der Waals surface area contributed by atoms with E-state index in [0.717, 1.165) is 5.56 Å². The molecule has 0 saturated carbocycles. The number of hydrogen-bond acceptors (Lipinski definition) is 0. The van der Waals surface area contributed by atoms with Crippen molar-refractivity contribution in [1.29, 1.82) is 0 Å². The average Bonchev–Trinajstić information content (AvgIpc) is 1.96. The zero-order valence-electron chi connectivity index (χ0n) is 6.87. The Balaban J connectivity index is 3.28. The number of aryl methyl sites for hydroxylation is 1. The van der Waals surface area contributed by atoms with Crippen molar-refractivity contribution in [2.24, 2.45) is 0 Å². The molecule has 1 aromatic rings. The summed E-state index contributed by atoms with van der Waals surface area (Å²) in [6.45, 7) is 3.44. The molecule has 0 aliphatic rings. The average molecular weight is 191 g/mol. The van der Waals surface area contributed by atoms with Crippen LogP contribution in [0.25, 0.3) is 0 Å². The Kier molecular flexibility index (Phi) is 2.68. The Labute approximate surface area is 75.2 Å². The maximum atomic E-state index is 12.3. The molecule has 0 atom stereocenters. The minimum absolute atomic E-state index is 0.0278. The highest BCUT2D eigenvalue weighted by molar-refractivity contribution is 6.30. The van der Waals surface area contributed by atoms with Crippen LogP contribution in [0.15, 0.2) is 12.1 Å². The summed E-state index contributed by atoms with van der Waals surface area (Å²) in [6, 6.07) is 3.00. The molecule has 0 unspecified atom stereocenters. The Bertz CT molecular complexity index is 295. The Hall–Kier alpha value is -0.630. The first-order valence-electron chi connectivity index (χ1n) is 3.57. The van der Waals surface area contributed by atoms with E-state index in [1.807, 2.05) is 0 Å². The van der Waals surface area contributed by atoms with Gasteiger partial charge in [-0.1, -0.05) is 11.6 Å². The summed E-state index contributed by atoms with van der Waals surface area (Å²) >= 11 is 5.63. The maximum absolute atomic E-state index is 12.3. The van der Waals surface area contributed by atoms with Crippen molar-refractivity contribution in [3.63, 3.8) is 0 Å². The van der Waals surface area contributed by atoms with Crippen LogP contribution in [-0.2, 0) is 0 Å². The molecule has 0 aliphatic carbocycles. The zero-order valence-corrected chi connectivity index (χ0v) is 7.62. The molecular weight excluding hydrogens is 182 g/mol. The van der Waals surface area contributed by atoms with E-state index in [9.17, 15) is 8.78 Å². The van der Waals surface area contributed by atoms with E-state index >= 15 is 0 Å². The van der Waals surface area contributed by atoms with Crippen LogP contribution in [0.4, 0.5) is 8.78 Å². The second kappa shape index (κ2) is 3.40. The smallest absolute Gasteiger partial charge is 0.205 e. The van der Waals surface area contributed by atoms with Crippen LogP contribution in [0, 0.1) is 13.8 Å². The van der Waals surface area contributed by atoms with Crippen LogP contribution in [0.1, 0.15) is 23.1 Å². The maximum Gasteiger partial charge on any atom is 0.264 e. The lowest BCUT2D eigenvalue weighted by atomic mass is 10.0. The fraction of sp³-hybridized carbons (Fsp3) is 0.333. The van der Waals surface area contributed by atoms with E-state index in [2.05, 4.69) is 0 Å². The summed E-state index contributed by atoms with van der Waals surface area (Å²) in [4.78, 5) is 0. The highest BCUT2D eigenvalue weighted by Gasteiger charge is 2.12. The predicted molar refractivity (Wildman–Crippen MR) is 45.9 cm³/mol. The molecule has 0 aromatic heterocycles. The third kappa shape index (κ3) is 1.75. The van der Waals surface area contributed by atoms with E-state index in [0.29, 0.717) is 10.6 Å². The molecule has 0 nitrogen and oxygen atoms in total. The zero-order chi connectivity index (χ0) is 9.30. The Morgan fingerprint density at radius 2 is 1.83 bits per heavy atom. The fourth-order valence-corrected chi connectivity index (χ4v) is 1.35. The minimum atomic E-state index is -2.44. The van der Waals surface area contributed by atoms with E-state index in [4.69, 9.17) is 11.6 Å². The van der Waals surface area contributed by atoms with Crippen molar-refractivity contribution in [2.45, 2.75) is 20.3 Å². The van der Waals surface area contributed by atoms with Crippen LogP contribution in [0.2, 0.25) is 5.02 Å². The fourth-order valence-electron chi connectivity index (χ4n) is 1.07. The van der Waals surface area contributed by atoms with Crippen LogP contribution < -0.4 is 0 Å². The molecule has 0 spiro atoms. The van der Waals surface area contributed by atoms with Crippen molar-refractivity contribution >= 4 is 11.6 Å². The van der Waals surface area contributed by atoms with Gasteiger partial charge in [0.1, 0.15) is 0 Å². The summed E-state index contributed by atoms with van der Waals surface area (Å²) < 4.78 is 24.7. The SMILES string of the molecule is Cc1cc(Cl)cc(C(F)F)c1C. The van der Waals surface area contributed by atoms with Gasteiger partial charge in [-0.3, -0.25) is 0 Å². The van der Waals surface area contributed by atoms with Crippen molar-refractivity contribution in [3.8, 4) is 0 Å². The topological polar surface area (TPSA) is 0 Å². The molecule has 0 amide bonds. The summed E-state index contributed by atoms with van der Waals surface area (Å²) in [5.41, 5.74) is 1.45. The standard InChI is InChI=1S/C9H9ClF2/c1-5-3-7(10)4-8(6(5)2)9(11)12/h3-4,9H,1-2H3. The summed E-state index contributed by atoms with van der Waals surface area (Å²) in [7, 11) is 0. The van der Waals surface area contributed by atoms with Gasteiger partial charge in [0.15, 0.2) is 0 Å². The second-order valence-corrected chi connectivity index (χ2v) is 3.17. The molecule has 0 aliphatic heterocycles. The molecule has 12 heavy (non-hydrogen) atoms. The lowest BCUT2D eigenvalue weighted by Crippen LogP contribution is -1.92. The van der Waals surface area contributed by atoms with Crippen molar-refractivity contribution in [2.75, 3.05) is 0 Å². The van der Waals surface area contributed by atoms with Crippen LogP contribution in [0.5, 0.6) is 0 Å². The summed E-state index contributed by atoms with van der Waals surface area (Å²) in [6.07, 6.45) is -2.44. The molecular formula is C9H9ClF2. The number of rotatable bonds is 1. The van der Waals surface area contributed by atoms with Gasteiger partial charge in [0, 0.05) is 10.6 Å². The third-order valence-corrected chi connectivity index (χ3v) is 2.13. The normalized spacial score (nSPS) is 10.8. The van der Waals surface area contributed by atoms with Gasteiger partial charge in [-0.05, 0) is 37.1 Å². The minimum Gasteiger partial charge on any atom is -0.205 e. The molecule has 0 fully saturated rings. The number of benzene rings is 1. The predicted octanol–water partition coefficient (Wildman–Crippen LogP) is 3.89. The number of hydrogen-bond donors (Lipinski definition) is 0. The van der Waals surface area contributed by atoms with E-state index < -0.39 is 6.43 Å². The van der Waals surface area contributed by atoms with Crippen molar-refractivity contribution in [1.82, 2.24) is 0 Å². The highest BCUT2D eigenvalue weighted by atomic mass is 35.5. The van der Waals surface area contributed by atoms with Crippen LogP contribution in [0.3, 0.4) is 0 Å². The summed E-state index contributed by atoms with van der Waals surface area (Å²) in [5, 5.41) is 0.369. The largest absolute Gasteiger partial charge is 0.264 e. The molecule has 0 N–H and O–H groups in total. The van der Waals surface area contributed by atoms with Crippen molar-refractivity contribution in [3.05, 3.63) is 33.8 Å². The van der Waals surface area contributed by atoms with Gasteiger partial charge in [-0.15, -0.1) is 0 Å². The molecule has 1 aromatic carbocycles. The number of alkyl halides is 2. The molecule has 0 radical (unpaired) electrons. The van der Waals surface area contributed by atoms with Crippen molar-refractivity contribution < 1.29 is 8.78 Å². The number of halogens is 3. The highest BCUT2D eigenvalue weighted by Crippen LogP contribution is 2.27. The van der Waals surface area contributed by atoms with E-state index in [1.165, 1.54) is 6.07 Å². The van der Waals surface area contributed by atoms with E-state index in [1.54, 1.807) is 19.9 Å². The van der Waals surface area contributed by atoms with Gasteiger partial charge in [-0.2, -0.15) is 0 Å². The van der Waals surface area contributed by atoms with E-state index in [-0.39, 0.29) is 5.56 Å². The quantitative estimate of drug-likeness (QED) is 0.630. The molecule has 0 heterocycles.